The molecule has 1 atom stereocenters. The number of hydrogen-bond donors (Lipinski definition) is 1. The summed E-state index contributed by atoms with van der Waals surface area (Å²) in [5.41, 5.74) is -0.585. The van der Waals surface area contributed by atoms with Gasteiger partial charge in [0.25, 0.3) is 12.3 Å². The molecule has 0 amide bonds. The van der Waals surface area contributed by atoms with Crippen LogP contribution in [0, 0.1) is 5.82 Å². The van der Waals surface area contributed by atoms with E-state index in [-0.39, 0.29) is 45.5 Å². The minimum Gasteiger partial charge on any atom is -0.481 e. The third-order valence-corrected chi connectivity index (χ3v) is 5.44. The Labute approximate surface area is 205 Å². The Kier molecular flexibility index (Phi) is 7.40. The summed E-state index contributed by atoms with van der Waals surface area (Å²) in [7, 11) is 0. The Morgan fingerprint density at radius 2 is 2.03 bits per heavy atom. The van der Waals surface area contributed by atoms with Crippen molar-refractivity contribution in [3.05, 3.63) is 63.7 Å². The molecule has 1 unspecified atom stereocenters. The van der Waals surface area contributed by atoms with E-state index in [0.29, 0.717) is 0 Å². The van der Waals surface area contributed by atoms with E-state index in [4.69, 9.17) is 21.1 Å². The topological polar surface area (TPSA) is 104 Å². The first-order valence-corrected chi connectivity index (χ1v) is 10.9. The maximum Gasteiger partial charge on any atom is 0.350 e. The number of ether oxygens (including phenoxy) is 2. The molecule has 14 heteroatoms. The Balaban J connectivity index is 1.95. The lowest BCUT2D eigenvalue weighted by Crippen LogP contribution is -2.28. The van der Waals surface area contributed by atoms with Gasteiger partial charge in [0, 0.05) is 18.0 Å². The third-order valence-electron chi connectivity index (χ3n) is 5.15. The van der Waals surface area contributed by atoms with Crippen LogP contribution in [0.2, 0.25) is 5.02 Å². The fraction of sp³-hybridized carbons (Fsp3) is 0.273. The molecule has 0 aliphatic carbocycles. The summed E-state index contributed by atoms with van der Waals surface area (Å²) in [5, 5.41) is 21.2. The fourth-order valence-electron chi connectivity index (χ4n) is 3.46. The molecule has 2 heterocycles. The lowest BCUT2D eigenvalue weighted by Gasteiger charge is -2.19. The van der Waals surface area contributed by atoms with Gasteiger partial charge in [0.15, 0.2) is 23.5 Å². The number of halogens is 5. The van der Waals surface area contributed by atoms with Crippen LogP contribution >= 0.6 is 11.6 Å². The molecule has 2 aromatic heterocycles. The highest BCUT2D eigenvalue weighted by Gasteiger charge is 2.26. The van der Waals surface area contributed by atoms with Gasteiger partial charge < -0.3 is 14.6 Å². The lowest BCUT2D eigenvalue weighted by atomic mass is 10.1. The molecule has 0 saturated heterocycles. The number of alkyl halides is 3. The number of aliphatic hydroxyl groups is 1. The lowest BCUT2D eigenvalue weighted by molar-refractivity contribution is -0.000435. The summed E-state index contributed by atoms with van der Waals surface area (Å²) in [5.74, 6) is -1.90. The van der Waals surface area contributed by atoms with Gasteiger partial charge in [0.2, 0.25) is 0 Å². The molecular weight excluding hydrogens is 510 g/mol. The third kappa shape index (κ3) is 4.71. The van der Waals surface area contributed by atoms with Crippen molar-refractivity contribution in [2.24, 2.45) is 0 Å². The molecule has 0 bridgehead atoms. The molecule has 0 saturated carbocycles. The van der Waals surface area contributed by atoms with Gasteiger partial charge in [-0.25, -0.2) is 22.4 Å². The second-order valence-electron chi connectivity index (χ2n) is 7.37. The first-order chi connectivity index (χ1) is 17.3. The zero-order valence-corrected chi connectivity index (χ0v) is 19.3. The van der Waals surface area contributed by atoms with E-state index >= 15 is 0 Å². The Morgan fingerprint density at radius 3 is 2.64 bits per heavy atom. The van der Waals surface area contributed by atoms with Crippen molar-refractivity contribution in [2.75, 3.05) is 6.67 Å². The van der Waals surface area contributed by atoms with Crippen molar-refractivity contribution in [3.63, 3.8) is 0 Å². The molecule has 0 spiro atoms. The molecule has 0 aliphatic heterocycles. The van der Waals surface area contributed by atoms with Crippen LogP contribution in [0.3, 0.4) is 0 Å². The van der Waals surface area contributed by atoms with Crippen LogP contribution in [0.25, 0.3) is 16.5 Å². The first kappa shape index (κ1) is 25.4. The van der Waals surface area contributed by atoms with Crippen LogP contribution in [0.15, 0.2) is 41.3 Å². The van der Waals surface area contributed by atoms with Gasteiger partial charge in [-0.2, -0.15) is 9.78 Å². The molecule has 2 aromatic carbocycles. The van der Waals surface area contributed by atoms with Gasteiger partial charge in [0.05, 0.1) is 22.3 Å². The van der Waals surface area contributed by atoms with E-state index in [1.807, 2.05) is 0 Å². The SMILES string of the molecule is CCn1c(CO)nn(-c2cc(OC(CF)C(F)F)c3c(Oc4c(F)cccc4Cl)nncc3c2)c1=O. The molecule has 190 valence electrons. The number of para-hydroxylation sites is 1. The summed E-state index contributed by atoms with van der Waals surface area (Å²) >= 11 is 6.02. The Bertz CT molecular complexity index is 1440. The van der Waals surface area contributed by atoms with E-state index < -0.39 is 43.1 Å². The quantitative estimate of drug-likeness (QED) is 0.327. The van der Waals surface area contributed by atoms with Crippen LogP contribution in [0.4, 0.5) is 17.6 Å². The number of rotatable bonds is 9. The molecule has 36 heavy (non-hydrogen) atoms. The van der Waals surface area contributed by atoms with E-state index in [9.17, 15) is 27.5 Å². The molecule has 9 nitrogen and oxygen atoms in total. The highest BCUT2D eigenvalue weighted by molar-refractivity contribution is 6.32. The Hall–Kier alpha value is -3.71. The minimum atomic E-state index is -3.20. The van der Waals surface area contributed by atoms with Gasteiger partial charge >= 0.3 is 5.69 Å². The number of benzene rings is 2. The number of aromatic nitrogens is 5. The van der Waals surface area contributed by atoms with Gasteiger partial charge in [-0.15, -0.1) is 10.2 Å². The smallest absolute Gasteiger partial charge is 0.350 e. The number of aliphatic hydroxyl groups excluding tert-OH is 1. The molecule has 0 fully saturated rings. The summed E-state index contributed by atoms with van der Waals surface area (Å²) in [4.78, 5) is 12.8. The van der Waals surface area contributed by atoms with Crippen molar-refractivity contribution in [1.82, 2.24) is 24.5 Å². The molecule has 0 aliphatic rings. The molecule has 4 aromatic rings. The standard InChI is InChI=1S/C22H18ClF4N5O4/c1-2-31-17(10-33)30-32(22(31)34)12-6-11-9-28-29-21(36-19-13(23)4-3-5-14(19)25)18(11)15(7-12)35-16(8-24)20(26)27/h3-7,9,16,20,33H,2,8,10H2,1H3. The molecular formula is C22H18ClF4N5O4. The summed E-state index contributed by atoms with van der Waals surface area (Å²) in [6.07, 6.45) is -4.15. The number of fused-ring (bicyclic) bond motifs is 1. The zero-order chi connectivity index (χ0) is 26.0. The van der Waals surface area contributed by atoms with Crippen LogP contribution in [0.1, 0.15) is 12.7 Å². The van der Waals surface area contributed by atoms with Crippen molar-refractivity contribution >= 4 is 22.4 Å². The monoisotopic (exact) mass is 527 g/mol. The maximum atomic E-state index is 14.3. The van der Waals surface area contributed by atoms with E-state index in [2.05, 4.69) is 15.3 Å². The summed E-state index contributed by atoms with van der Waals surface area (Å²) < 4.78 is 67.4. The largest absolute Gasteiger partial charge is 0.481 e. The van der Waals surface area contributed by atoms with E-state index in [0.717, 1.165) is 16.8 Å². The second-order valence-corrected chi connectivity index (χ2v) is 7.78. The highest BCUT2D eigenvalue weighted by Crippen LogP contribution is 2.39. The van der Waals surface area contributed by atoms with Crippen molar-refractivity contribution in [3.8, 4) is 23.1 Å². The highest BCUT2D eigenvalue weighted by atomic mass is 35.5. The van der Waals surface area contributed by atoms with Gasteiger partial charge in [-0.05, 0) is 25.1 Å². The fourth-order valence-corrected chi connectivity index (χ4v) is 3.66. The van der Waals surface area contributed by atoms with Crippen LogP contribution in [-0.4, -0.2) is 48.9 Å². The van der Waals surface area contributed by atoms with Crippen molar-refractivity contribution < 1.29 is 32.1 Å². The summed E-state index contributed by atoms with van der Waals surface area (Å²) in [6, 6.07) is 6.34. The predicted molar refractivity (Wildman–Crippen MR) is 120 cm³/mol. The molecule has 0 radical (unpaired) electrons. The average Bonchev–Trinajstić information content (AvgIpc) is 3.19. The Morgan fingerprint density at radius 1 is 1.25 bits per heavy atom. The van der Waals surface area contributed by atoms with Gasteiger partial charge in [-0.3, -0.25) is 4.57 Å². The van der Waals surface area contributed by atoms with E-state index in [1.54, 1.807) is 6.92 Å². The van der Waals surface area contributed by atoms with Crippen molar-refractivity contribution in [1.29, 1.82) is 0 Å². The van der Waals surface area contributed by atoms with Gasteiger partial charge in [0.1, 0.15) is 19.0 Å². The summed E-state index contributed by atoms with van der Waals surface area (Å²) in [6.45, 7) is -0.192. The minimum absolute atomic E-state index is 0.0409. The van der Waals surface area contributed by atoms with Crippen LogP contribution in [-0.2, 0) is 13.2 Å². The normalized spacial score (nSPS) is 12.3. The first-order valence-electron chi connectivity index (χ1n) is 10.5. The predicted octanol–water partition coefficient (Wildman–Crippen LogP) is 4.06. The average molecular weight is 528 g/mol. The number of nitrogens with zero attached hydrogens (tertiary/aromatic N) is 5. The zero-order valence-electron chi connectivity index (χ0n) is 18.5. The molecule has 4 rings (SSSR count). The van der Waals surface area contributed by atoms with E-state index in [1.165, 1.54) is 29.0 Å². The molecule has 1 N–H and O–H groups in total. The second kappa shape index (κ2) is 10.5. The maximum absolute atomic E-state index is 14.3. The van der Waals surface area contributed by atoms with Crippen LogP contribution in [0.5, 0.6) is 17.4 Å². The van der Waals surface area contributed by atoms with Gasteiger partial charge in [-0.1, -0.05) is 17.7 Å². The van der Waals surface area contributed by atoms with Crippen LogP contribution < -0.4 is 15.2 Å². The van der Waals surface area contributed by atoms with Crippen molar-refractivity contribution in [2.45, 2.75) is 32.6 Å². The number of hydrogen-bond acceptors (Lipinski definition) is 7.